The first-order valence-corrected chi connectivity index (χ1v) is 6.53. The number of nitrogens with one attached hydrogen (secondary N) is 1. The van der Waals surface area contributed by atoms with Crippen molar-refractivity contribution >= 4 is 5.91 Å². The van der Waals surface area contributed by atoms with Crippen molar-refractivity contribution in [2.45, 2.75) is 44.6 Å². The monoisotopic (exact) mass is 234 g/mol. The molecular formula is C12H18N4O. The fourth-order valence-electron chi connectivity index (χ4n) is 3.33. The minimum Gasteiger partial charge on any atom is -0.334 e. The van der Waals surface area contributed by atoms with E-state index < -0.39 is 0 Å². The highest BCUT2D eigenvalue weighted by molar-refractivity contribution is 5.92. The van der Waals surface area contributed by atoms with E-state index in [9.17, 15) is 4.79 Å². The summed E-state index contributed by atoms with van der Waals surface area (Å²) < 4.78 is 0. The van der Waals surface area contributed by atoms with Crippen molar-refractivity contribution in [2.75, 3.05) is 6.54 Å². The Morgan fingerprint density at radius 2 is 2.12 bits per heavy atom. The molecule has 1 aliphatic heterocycles. The molecule has 0 aromatic carbocycles. The number of nitrogens with zero attached hydrogens (tertiary/aromatic N) is 3. The lowest BCUT2D eigenvalue weighted by Gasteiger charge is -2.28. The maximum Gasteiger partial charge on any atom is 0.276 e. The molecule has 1 N–H and O–H groups in total. The van der Waals surface area contributed by atoms with Gasteiger partial charge in [0.2, 0.25) is 0 Å². The van der Waals surface area contributed by atoms with Crippen LogP contribution >= 0.6 is 0 Å². The highest BCUT2D eigenvalue weighted by atomic mass is 16.2. The summed E-state index contributed by atoms with van der Waals surface area (Å²) >= 11 is 0. The zero-order valence-electron chi connectivity index (χ0n) is 9.93. The first-order valence-electron chi connectivity index (χ1n) is 6.53. The number of H-pyrrole nitrogens is 1. The molecule has 1 aromatic rings. The summed E-state index contributed by atoms with van der Waals surface area (Å²) in [6, 6.07) is 0.446. The summed E-state index contributed by atoms with van der Waals surface area (Å²) in [5.74, 6) is 0.765. The molecule has 2 heterocycles. The van der Waals surface area contributed by atoms with Gasteiger partial charge < -0.3 is 4.90 Å². The minimum absolute atomic E-state index is 0.0492. The van der Waals surface area contributed by atoms with Gasteiger partial charge in [-0.15, -0.1) is 0 Å². The third-order valence-electron chi connectivity index (χ3n) is 4.14. The number of aromatic amines is 1. The Kier molecular flexibility index (Phi) is 2.82. The van der Waals surface area contributed by atoms with Crippen molar-refractivity contribution in [3.8, 4) is 0 Å². The van der Waals surface area contributed by atoms with Gasteiger partial charge >= 0.3 is 0 Å². The van der Waals surface area contributed by atoms with E-state index in [0.29, 0.717) is 17.7 Å². The lowest BCUT2D eigenvalue weighted by Crippen LogP contribution is -2.39. The van der Waals surface area contributed by atoms with Crippen molar-refractivity contribution in [3.63, 3.8) is 0 Å². The van der Waals surface area contributed by atoms with Crippen LogP contribution in [-0.2, 0) is 0 Å². The molecule has 92 valence electrons. The van der Waals surface area contributed by atoms with Gasteiger partial charge in [-0.1, -0.05) is 12.8 Å². The topological polar surface area (TPSA) is 61.9 Å². The van der Waals surface area contributed by atoms with Crippen molar-refractivity contribution < 1.29 is 4.79 Å². The average Bonchev–Trinajstić information content (AvgIpc) is 3.09. The zero-order valence-corrected chi connectivity index (χ0v) is 9.93. The van der Waals surface area contributed by atoms with Crippen molar-refractivity contribution in [3.05, 3.63) is 11.9 Å². The Labute approximate surface area is 101 Å². The van der Waals surface area contributed by atoms with Crippen molar-refractivity contribution in [1.29, 1.82) is 0 Å². The molecule has 1 aromatic heterocycles. The van der Waals surface area contributed by atoms with Crippen LogP contribution in [0.25, 0.3) is 0 Å². The maximum absolute atomic E-state index is 12.3. The smallest absolute Gasteiger partial charge is 0.276 e. The van der Waals surface area contributed by atoms with Crippen LogP contribution in [0.5, 0.6) is 0 Å². The first-order chi connectivity index (χ1) is 8.36. The molecule has 1 saturated heterocycles. The van der Waals surface area contributed by atoms with Gasteiger partial charge in [0, 0.05) is 12.6 Å². The van der Waals surface area contributed by atoms with E-state index in [1.54, 1.807) is 0 Å². The van der Waals surface area contributed by atoms with Crippen LogP contribution in [0.1, 0.15) is 49.0 Å². The largest absolute Gasteiger partial charge is 0.334 e. The van der Waals surface area contributed by atoms with Gasteiger partial charge in [-0.2, -0.15) is 15.4 Å². The Bertz CT molecular complexity index is 383. The lowest BCUT2D eigenvalue weighted by atomic mass is 9.96. The predicted octanol–water partition coefficient (Wildman–Crippen LogP) is 1.60. The lowest BCUT2D eigenvalue weighted by molar-refractivity contribution is 0.0683. The van der Waals surface area contributed by atoms with Crippen LogP contribution < -0.4 is 0 Å². The molecule has 1 atom stereocenters. The standard InChI is InChI=1S/C12H18N4O/c17-12(10-8-13-15-14-10)16-7-3-6-11(16)9-4-1-2-5-9/h8-9,11H,1-7H2,(H,13,14,15). The van der Waals surface area contributed by atoms with E-state index in [2.05, 4.69) is 15.4 Å². The molecule has 1 amide bonds. The predicted molar refractivity (Wildman–Crippen MR) is 62.4 cm³/mol. The molecule has 1 aliphatic carbocycles. The number of rotatable bonds is 2. The zero-order chi connectivity index (χ0) is 11.7. The number of carbonyl (C=O) groups excluding carboxylic acids is 1. The van der Waals surface area contributed by atoms with Gasteiger partial charge in [-0.3, -0.25) is 4.79 Å². The summed E-state index contributed by atoms with van der Waals surface area (Å²) in [6.45, 7) is 0.882. The number of hydrogen-bond acceptors (Lipinski definition) is 3. The molecule has 3 rings (SSSR count). The van der Waals surface area contributed by atoms with Crippen molar-refractivity contribution in [2.24, 2.45) is 5.92 Å². The van der Waals surface area contributed by atoms with Crippen LogP contribution in [0.4, 0.5) is 0 Å². The summed E-state index contributed by atoms with van der Waals surface area (Å²) in [7, 11) is 0. The fraction of sp³-hybridized carbons (Fsp3) is 0.750. The molecular weight excluding hydrogens is 216 g/mol. The van der Waals surface area contributed by atoms with Crippen LogP contribution in [0.2, 0.25) is 0 Å². The number of hydrogen-bond donors (Lipinski definition) is 1. The van der Waals surface area contributed by atoms with Crippen LogP contribution in [0.15, 0.2) is 6.20 Å². The average molecular weight is 234 g/mol. The number of amides is 1. The highest BCUT2D eigenvalue weighted by Gasteiger charge is 2.36. The van der Waals surface area contributed by atoms with Gasteiger partial charge in [0.25, 0.3) is 5.91 Å². The highest BCUT2D eigenvalue weighted by Crippen LogP contribution is 2.35. The second-order valence-corrected chi connectivity index (χ2v) is 5.11. The third kappa shape index (κ3) is 1.94. The molecule has 0 bridgehead atoms. The Morgan fingerprint density at radius 1 is 1.29 bits per heavy atom. The molecule has 1 unspecified atom stereocenters. The quantitative estimate of drug-likeness (QED) is 0.845. The molecule has 17 heavy (non-hydrogen) atoms. The molecule has 5 nitrogen and oxygen atoms in total. The first kappa shape index (κ1) is 10.7. The van der Waals surface area contributed by atoms with E-state index in [1.807, 2.05) is 4.90 Å². The Balaban J connectivity index is 1.75. The van der Waals surface area contributed by atoms with Crippen LogP contribution in [0, 0.1) is 5.92 Å². The summed E-state index contributed by atoms with van der Waals surface area (Å²) in [5, 5.41) is 10.1. The van der Waals surface area contributed by atoms with E-state index >= 15 is 0 Å². The van der Waals surface area contributed by atoms with Crippen molar-refractivity contribution in [1.82, 2.24) is 20.3 Å². The van der Waals surface area contributed by atoms with Gasteiger partial charge in [0.05, 0.1) is 6.20 Å². The van der Waals surface area contributed by atoms with Gasteiger partial charge in [-0.25, -0.2) is 0 Å². The molecule has 5 heteroatoms. The summed E-state index contributed by atoms with van der Waals surface area (Å²) in [6.07, 6.45) is 9.03. The SMILES string of the molecule is O=C(c1cn[nH]n1)N1CCCC1C1CCCC1. The summed E-state index contributed by atoms with van der Waals surface area (Å²) in [5.41, 5.74) is 0.454. The second-order valence-electron chi connectivity index (χ2n) is 5.11. The summed E-state index contributed by atoms with van der Waals surface area (Å²) in [4.78, 5) is 14.3. The second kappa shape index (κ2) is 4.47. The number of likely N-dealkylation sites (tertiary alicyclic amines) is 1. The number of carbonyl (C=O) groups is 1. The Hall–Kier alpha value is -1.39. The molecule has 2 aliphatic rings. The molecule has 0 spiro atoms. The van der Waals surface area contributed by atoms with E-state index in [-0.39, 0.29) is 5.91 Å². The molecule has 1 saturated carbocycles. The van der Waals surface area contributed by atoms with Crippen LogP contribution in [-0.4, -0.2) is 38.8 Å². The normalized spacial score (nSPS) is 25.6. The van der Waals surface area contributed by atoms with Gasteiger partial charge in [-0.05, 0) is 31.6 Å². The Morgan fingerprint density at radius 3 is 2.82 bits per heavy atom. The maximum atomic E-state index is 12.3. The van der Waals surface area contributed by atoms with E-state index in [1.165, 1.54) is 31.9 Å². The van der Waals surface area contributed by atoms with Gasteiger partial charge in [0.15, 0.2) is 5.69 Å². The minimum atomic E-state index is 0.0492. The molecule has 0 radical (unpaired) electrons. The van der Waals surface area contributed by atoms with E-state index in [0.717, 1.165) is 19.4 Å². The molecule has 2 fully saturated rings. The fourth-order valence-corrected chi connectivity index (χ4v) is 3.33. The third-order valence-corrected chi connectivity index (χ3v) is 4.14. The van der Waals surface area contributed by atoms with Crippen LogP contribution in [0.3, 0.4) is 0 Å². The number of aromatic nitrogens is 3. The van der Waals surface area contributed by atoms with E-state index in [4.69, 9.17) is 0 Å². The van der Waals surface area contributed by atoms with Gasteiger partial charge in [0.1, 0.15) is 0 Å².